The molecule has 216 valence electrons. The predicted molar refractivity (Wildman–Crippen MR) is 123 cm³/mol. The fourth-order valence-electron chi connectivity index (χ4n) is 4.96. The van der Waals surface area contributed by atoms with Gasteiger partial charge >= 0.3 is 24.6 Å². The zero-order valence-electron chi connectivity index (χ0n) is 21.1. The predicted octanol–water partition coefficient (Wildman–Crippen LogP) is 8.40. The van der Waals surface area contributed by atoms with Crippen LogP contribution in [0.1, 0.15) is 66.3 Å². The summed E-state index contributed by atoms with van der Waals surface area (Å²) in [5.41, 5.74) is -4.60. The van der Waals surface area contributed by atoms with Crippen LogP contribution in [0.15, 0.2) is 36.4 Å². The van der Waals surface area contributed by atoms with E-state index in [9.17, 15) is 44.3 Å². The fourth-order valence-corrected chi connectivity index (χ4v) is 4.96. The maximum Gasteiger partial charge on any atom is 0.416 e. The smallest absolute Gasteiger partial charge is 0.416 e. The summed E-state index contributed by atoms with van der Waals surface area (Å²) in [4.78, 5) is 14.0. The third kappa shape index (κ3) is 6.62. The summed E-state index contributed by atoms with van der Waals surface area (Å²) in [6, 6.07) is 3.06. The number of carbonyl (C=O) groups is 1. The highest BCUT2D eigenvalue weighted by atomic mass is 19.4. The summed E-state index contributed by atoms with van der Waals surface area (Å²) >= 11 is 0. The lowest BCUT2D eigenvalue weighted by Gasteiger charge is -2.43. The monoisotopic (exact) mass is 571 g/mol. The van der Waals surface area contributed by atoms with Crippen molar-refractivity contribution in [3.05, 3.63) is 64.2 Å². The van der Waals surface area contributed by atoms with Gasteiger partial charge in [-0.1, -0.05) is 6.92 Å². The van der Waals surface area contributed by atoms with Crippen molar-refractivity contribution in [2.24, 2.45) is 0 Å². The number of halogens is 9. The van der Waals surface area contributed by atoms with Crippen LogP contribution in [-0.2, 0) is 28.0 Å². The molecule has 0 aromatic heterocycles. The molecule has 0 radical (unpaired) electrons. The van der Waals surface area contributed by atoms with Crippen molar-refractivity contribution in [1.29, 1.82) is 0 Å². The lowest BCUT2D eigenvalue weighted by Crippen LogP contribution is -2.46. The second-order valence-electron chi connectivity index (χ2n) is 9.15. The second-order valence-corrected chi connectivity index (χ2v) is 9.15. The van der Waals surface area contributed by atoms with Crippen LogP contribution in [0.25, 0.3) is 0 Å². The van der Waals surface area contributed by atoms with Crippen LogP contribution >= 0.6 is 0 Å². The van der Waals surface area contributed by atoms with E-state index in [0.29, 0.717) is 12.1 Å². The molecular weight excluding hydrogens is 545 g/mol. The topological polar surface area (TPSA) is 38.8 Å². The number of rotatable bonds is 6. The van der Waals surface area contributed by atoms with Crippen LogP contribution in [0.3, 0.4) is 0 Å². The summed E-state index contributed by atoms with van der Waals surface area (Å²) in [5, 5.41) is 0. The minimum absolute atomic E-state index is 0.0126. The Kier molecular flexibility index (Phi) is 8.83. The van der Waals surface area contributed by atoms with Gasteiger partial charge in [-0.25, -0.2) is 4.79 Å². The number of ether oxygens (including phenoxy) is 2. The molecule has 4 nitrogen and oxygen atoms in total. The largest absolute Gasteiger partial charge is 0.449 e. The summed E-state index contributed by atoms with van der Waals surface area (Å²) < 4.78 is 133. The van der Waals surface area contributed by atoms with E-state index in [1.165, 1.54) is 12.0 Å². The van der Waals surface area contributed by atoms with Crippen LogP contribution in [0.5, 0.6) is 0 Å². The van der Waals surface area contributed by atoms with Gasteiger partial charge in [-0.05, 0) is 73.2 Å². The molecule has 0 saturated carbocycles. The highest BCUT2D eigenvalue weighted by molar-refractivity contribution is 5.90. The van der Waals surface area contributed by atoms with Gasteiger partial charge in [-0.3, -0.25) is 4.90 Å². The number of amides is 1. The number of anilines is 1. The van der Waals surface area contributed by atoms with E-state index >= 15 is 0 Å². The Morgan fingerprint density at radius 1 is 0.897 bits per heavy atom. The molecular formula is C26H26F9NO3. The zero-order valence-corrected chi connectivity index (χ0v) is 21.1. The summed E-state index contributed by atoms with van der Waals surface area (Å²) in [6.07, 6.45) is -15.6. The van der Waals surface area contributed by atoms with Crippen molar-refractivity contribution < 1.29 is 53.8 Å². The van der Waals surface area contributed by atoms with Crippen LogP contribution < -0.4 is 4.90 Å². The van der Waals surface area contributed by atoms with Crippen LogP contribution in [-0.4, -0.2) is 32.5 Å². The van der Waals surface area contributed by atoms with E-state index in [1.54, 1.807) is 13.8 Å². The Bertz CT molecular complexity index is 1140. The van der Waals surface area contributed by atoms with Gasteiger partial charge in [0.1, 0.15) is 0 Å². The normalized spacial score (nSPS) is 19.0. The lowest BCUT2D eigenvalue weighted by atomic mass is 9.73. The molecule has 0 fully saturated rings. The first-order valence-electron chi connectivity index (χ1n) is 12.0. The van der Waals surface area contributed by atoms with Crippen LogP contribution in [0.2, 0.25) is 0 Å². The van der Waals surface area contributed by atoms with Crippen molar-refractivity contribution in [2.45, 2.75) is 63.1 Å². The van der Waals surface area contributed by atoms with Crippen molar-refractivity contribution in [2.75, 3.05) is 25.2 Å². The summed E-state index contributed by atoms with van der Waals surface area (Å²) in [7, 11) is 1.18. The molecule has 0 unspecified atom stereocenters. The highest BCUT2D eigenvalue weighted by Crippen LogP contribution is 2.49. The van der Waals surface area contributed by atoms with Gasteiger partial charge in [0.2, 0.25) is 0 Å². The maximum absolute atomic E-state index is 13.7. The molecule has 0 bridgehead atoms. The third-order valence-electron chi connectivity index (χ3n) is 6.71. The fraction of sp³-hybridized carbons (Fsp3) is 0.500. The molecule has 0 saturated heterocycles. The Balaban J connectivity index is 2.30. The molecule has 3 rings (SSSR count). The van der Waals surface area contributed by atoms with Gasteiger partial charge in [-0.15, -0.1) is 0 Å². The number of methoxy groups -OCH3 is 1. The average Bonchev–Trinajstić information content (AvgIpc) is 2.84. The van der Waals surface area contributed by atoms with Gasteiger partial charge in [0, 0.05) is 19.1 Å². The lowest BCUT2D eigenvalue weighted by molar-refractivity contribution is -0.143. The number of fused-ring (bicyclic) bond motifs is 1. The number of carbonyl (C=O) groups excluding carboxylic acids is 1. The Morgan fingerprint density at radius 3 is 1.92 bits per heavy atom. The summed E-state index contributed by atoms with van der Waals surface area (Å²) in [5.74, 6) is -2.23. The quantitative estimate of drug-likeness (QED) is 0.327. The molecule has 13 heteroatoms. The molecule has 0 aliphatic carbocycles. The molecule has 1 heterocycles. The van der Waals surface area contributed by atoms with Gasteiger partial charge in [-0.2, -0.15) is 39.5 Å². The second kappa shape index (κ2) is 11.3. The number of hydrogen-bond donors (Lipinski definition) is 0. The van der Waals surface area contributed by atoms with E-state index in [1.807, 2.05) is 0 Å². The molecule has 39 heavy (non-hydrogen) atoms. The highest BCUT2D eigenvalue weighted by Gasteiger charge is 2.43. The zero-order chi connectivity index (χ0) is 29.3. The first-order chi connectivity index (χ1) is 18.0. The number of hydrogen-bond acceptors (Lipinski definition) is 3. The first kappa shape index (κ1) is 30.6. The van der Waals surface area contributed by atoms with E-state index in [-0.39, 0.29) is 36.8 Å². The van der Waals surface area contributed by atoms with Crippen molar-refractivity contribution in [3.63, 3.8) is 0 Å². The van der Waals surface area contributed by atoms with E-state index in [4.69, 9.17) is 9.47 Å². The molecule has 2 aromatic carbocycles. The molecule has 2 aromatic rings. The maximum atomic E-state index is 13.7. The molecule has 1 aliphatic rings. The van der Waals surface area contributed by atoms with Gasteiger partial charge in [0.25, 0.3) is 0 Å². The average molecular weight is 571 g/mol. The Labute approximate surface area is 218 Å². The first-order valence-corrected chi connectivity index (χ1v) is 12.0. The Hall–Kier alpha value is -2.96. The van der Waals surface area contributed by atoms with Crippen molar-refractivity contribution >= 4 is 11.8 Å². The third-order valence-corrected chi connectivity index (χ3v) is 6.71. The minimum Gasteiger partial charge on any atom is -0.449 e. The molecule has 0 spiro atoms. The molecule has 3 atom stereocenters. The summed E-state index contributed by atoms with van der Waals surface area (Å²) in [6.45, 7) is 2.82. The number of alkyl halides is 9. The van der Waals surface area contributed by atoms with E-state index in [2.05, 4.69) is 0 Å². The SMILES string of the molecule is CCOC(=O)N1c2ccc(C(F)(F)F)cc2[C@H]([C@H](COC)c2cc(C(F)(F)F)cc(C(F)(F)F)c2)C[C@H]1CC. The van der Waals surface area contributed by atoms with E-state index < -0.39 is 71.4 Å². The van der Waals surface area contributed by atoms with Gasteiger partial charge < -0.3 is 9.47 Å². The molecule has 1 amide bonds. The Morgan fingerprint density at radius 2 is 1.46 bits per heavy atom. The molecule has 1 aliphatic heterocycles. The van der Waals surface area contributed by atoms with Crippen LogP contribution in [0.4, 0.5) is 50.0 Å². The van der Waals surface area contributed by atoms with E-state index in [0.717, 1.165) is 18.2 Å². The van der Waals surface area contributed by atoms with Crippen LogP contribution in [0, 0.1) is 0 Å². The standard InChI is InChI=1S/C26H26F9NO3/c1-4-18-12-19(20-11-15(24(27,28)29)6-7-22(20)36(18)23(37)39-5-2)21(13-38-3)14-8-16(25(30,31)32)10-17(9-14)26(33,34)35/h6-11,18-19,21H,4-5,12-13H2,1-3H3/t18-,19-,21-/m1/s1. The van der Waals surface area contributed by atoms with Gasteiger partial charge in [0.05, 0.1) is 35.6 Å². The number of benzene rings is 2. The minimum atomic E-state index is -5.12. The van der Waals surface area contributed by atoms with Gasteiger partial charge in [0.15, 0.2) is 0 Å². The number of nitrogens with zero attached hydrogens (tertiary/aromatic N) is 1. The van der Waals surface area contributed by atoms with Crippen molar-refractivity contribution in [1.82, 2.24) is 0 Å². The molecule has 0 N–H and O–H groups in total. The van der Waals surface area contributed by atoms with Crippen molar-refractivity contribution in [3.8, 4) is 0 Å².